The first-order valence-electron chi connectivity index (χ1n) is 6.27. The zero-order valence-electron chi connectivity index (χ0n) is 11.8. The standard InChI is InChI=1S/C14H13F3N2O2S/c1-9-18-11(8-22-9)13(20)19(2)7-10-5-3-4-6-12(10)21-14(15,16)17/h3-6,8H,7H2,1-2H3. The number of thiazole rings is 1. The first-order valence-corrected chi connectivity index (χ1v) is 7.15. The Morgan fingerprint density at radius 1 is 1.36 bits per heavy atom. The Bertz CT molecular complexity index is 670. The third-order valence-corrected chi connectivity index (χ3v) is 3.56. The SMILES string of the molecule is Cc1nc(C(=O)N(C)Cc2ccccc2OC(F)(F)F)cs1. The third-order valence-electron chi connectivity index (χ3n) is 2.79. The van der Waals surface area contributed by atoms with Gasteiger partial charge < -0.3 is 9.64 Å². The number of hydrogen-bond donors (Lipinski definition) is 0. The summed E-state index contributed by atoms with van der Waals surface area (Å²) in [4.78, 5) is 17.5. The van der Waals surface area contributed by atoms with Gasteiger partial charge in [-0.1, -0.05) is 18.2 Å². The van der Waals surface area contributed by atoms with Crippen LogP contribution in [-0.4, -0.2) is 29.2 Å². The molecule has 2 rings (SSSR count). The lowest BCUT2D eigenvalue weighted by Gasteiger charge is -2.19. The summed E-state index contributed by atoms with van der Waals surface area (Å²) in [5.74, 6) is -0.671. The molecule has 118 valence electrons. The highest BCUT2D eigenvalue weighted by atomic mass is 32.1. The van der Waals surface area contributed by atoms with E-state index in [1.165, 1.54) is 41.5 Å². The number of ether oxygens (including phenoxy) is 1. The van der Waals surface area contributed by atoms with Crippen molar-refractivity contribution in [3.63, 3.8) is 0 Å². The average molecular weight is 330 g/mol. The minimum Gasteiger partial charge on any atom is -0.405 e. The minimum absolute atomic E-state index is 0.0122. The maximum Gasteiger partial charge on any atom is 0.573 e. The summed E-state index contributed by atoms with van der Waals surface area (Å²) in [5.41, 5.74) is 0.543. The topological polar surface area (TPSA) is 42.4 Å². The van der Waals surface area contributed by atoms with Crippen molar-refractivity contribution in [3.8, 4) is 5.75 Å². The van der Waals surface area contributed by atoms with Crippen molar-refractivity contribution in [2.45, 2.75) is 19.8 Å². The second-order valence-electron chi connectivity index (χ2n) is 4.57. The molecule has 0 atom stereocenters. The molecule has 0 saturated carbocycles. The summed E-state index contributed by atoms with van der Waals surface area (Å²) in [5, 5.41) is 2.37. The Hall–Kier alpha value is -2.09. The van der Waals surface area contributed by atoms with Crippen molar-refractivity contribution in [3.05, 3.63) is 45.9 Å². The van der Waals surface area contributed by atoms with E-state index in [4.69, 9.17) is 0 Å². The van der Waals surface area contributed by atoms with E-state index in [1.54, 1.807) is 18.4 Å². The number of carbonyl (C=O) groups excluding carboxylic acids is 1. The molecule has 4 nitrogen and oxygen atoms in total. The highest BCUT2D eigenvalue weighted by molar-refractivity contribution is 7.09. The van der Waals surface area contributed by atoms with Crippen LogP contribution in [0.25, 0.3) is 0 Å². The number of amides is 1. The van der Waals surface area contributed by atoms with Crippen LogP contribution in [-0.2, 0) is 6.54 Å². The van der Waals surface area contributed by atoms with Crippen molar-refractivity contribution in [1.82, 2.24) is 9.88 Å². The van der Waals surface area contributed by atoms with Crippen LogP contribution in [0.3, 0.4) is 0 Å². The number of carbonyl (C=O) groups is 1. The molecule has 0 aliphatic heterocycles. The lowest BCUT2D eigenvalue weighted by molar-refractivity contribution is -0.274. The molecule has 1 amide bonds. The van der Waals surface area contributed by atoms with Crippen LogP contribution >= 0.6 is 11.3 Å². The summed E-state index contributed by atoms with van der Waals surface area (Å²) in [6, 6.07) is 5.73. The first kappa shape index (κ1) is 16.3. The predicted octanol–water partition coefficient (Wildman–Crippen LogP) is 3.62. The molecule has 1 aromatic heterocycles. The normalized spacial score (nSPS) is 11.3. The van der Waals surface area contributed by atoms with Crippen LogP contribution in [0, 0.1) is 6.92 Å². The molecule has 2 aromatic rings. The van der Waals surface area contributed by atoms with Gasteiger partial charge in [0.15, 0.2) is 0 Å². The minimum atomic E-state index is -4.77. The monoisotopic (exact) mass is 330 g/mol. The molecule has 8 heteroatoms. The van der Waals surface area contributed by atoms with Crippen LogP contribution in [0.1, 0.15) is 21.1 Å². The van der Waals surface area contributed by atoms with E-state index < -0.39 is 6.36 Å². The van der Waals surface area contributed by atoms with Gasteiger partial charge >= 0.3 is 6.36 Å². The molecule has 0 unspecified atom stereocenters. The fraction of sp³-hybridized carbons (Fsp3) is 0.286. The van der Waals surface area contributed by atoms with Gasteiger partial charge in [-0.3, -0.25) is 4.79 Å². The quantitative estimate of drug-likeness (QED) is 0.860. The molecule has 0 aliphatic carbocycles. The van der Waals surface area contributed by atoms with Crippen molar-refractivity contribution < 1.29 is 22.7 Å². The number of para-hydroxylation sites is 1. The van der Waals surface area contributed by atoms with Gasteiger partial charge in [-0.2, -0.15) is 0 Å². The van der Waals surface area contributed by atoms with E-state index in [2.05, 4.69) is 9.72 Å². The number of aromatic nitrogens is 1. The molecular weight excluding hydrogens is 317 g/mol. The summed E-state index contributed by atoms with van der Waals surface area (Å²) < 4.78 is 41.1. The largest absolute Gasteiger partial charge is 0.573 e. The maximum absolute atomic E-state index is 12.4. The summed E-state index contributed by atoms with van der Waals surface area (Å²) in [7, 11) is 1.50. The zero-order chi connectivity index (χ0) is 16.3. The van der Waals surface area contributed by atoms with Gasteiger partial charge in [-0.15, -0.1) is 24.5 Å². The fourth-order valence-electron chi connectivity index (χ4n) is 1.84. The van der Waals surface area contributed by atoms with Crippen LogP contribution in [0.5, 0.6) is 5.75 Å². The Morgan fingerprint density at radius 2 is 2.05 bits per heavy atom. The molecule has 0 bridgehead atoms. The van der Waals surface area contributed by atoms with Crippen molar-refractivity contribution in [1.29, 1.82) is 0 Å². The molecule has 0 fully saturated rings. The van der Waals surface area contributed by atoms with E-state index in [1.807, 2.05) is 0 Å². The van der Waals surface area contributed by atoms with Gasteiger partial charge in [0, 0.05) is 24.5 Å². The van der Waals surface area contributed by atoms with Gasteiger partial charge in [-0.05, 0) is 13.0 Å². The smallest absolute Gasteiger partial charge is 0.405 e. The highest BCUT2D eigenvalue weighted by Gasteiger charge is 2.32. The van der Waals surface area contributed by atoms with Gasteiger partial charge in [0.05, 0.1) is 5.01 Å². The number of rotatable bonds is 4. The fourth-order valence-corrected chi connectivity index (χ4v) is 2.43. The van der Waals surface area contributed by atoms with E-state index in [-0.39, 0.29) is 29.5 Å². The Morgan fingerprint density at radius 3 is 2.64 bits per heavy atom. The Labute approximate surface area is 129 Å². The molecule has 0 spiro atoms. The predicted molar refractivity (Wildman–Crippen MR) is 75.8 cm³/mol. The van der Waals surface area contributed by atoms with Crippen molar-refractivity contribution >= 4 is 17.2 Å². The molecular formula is C14H13F3N2O2S. The summed E-state index contributed by atoms with van der Waals surface area (Å²) >= 11 is 1.34. The van der Waals surface area contributed by atoms with Crippen molar-refractivity contribution in [2.24, 2.45) is 0 Å². The van der Waals surface area contributed by atoms with Gasteiger partial charge in [0.25, 0.3) is 5.91 Å². The number of halogens is 3. The molecule has 1 heterocycles. The number of aryl methyl sites for hydroxylation is 1. The molecule has 1 aromatic carbocycles. The van der Waals surface area contributed by atoms with Crippen LogP contribution in [0.4, 0.5) is 13.2 Å². The van der Waals surface area contributed by atoms with E-state index in [0.29, 0.717) is 0 Å². The maximum atomic E-state index is 12.4. The lowest BCUT2D eigenvalue weighted by atomic mass is 10.2. The van der Waals surface area contributed by atoms with Gasteiger partial charge in [0.1, 0.15) is 11.4 Å². The summed E-state index contributed by atoms with van der Waals surface area (Å²) in [6.07, 6.45) is -4.77. The first-order chi connectivity index (χ1) is 10.3. The highest BCUT2D eigenvalue weighted by Crippen LogP contribution is 2.27. The number of hydrogen-bond acceptors (Lipinski definition) is 4. The third kappa shape index (κ3) is 4.20. The van der Waals surface area contributed by atoms with Crippen LogP contribution in [0.2, 0.25) is 0 Å². The molecule has 0 radical (unpaired) electrons. The molecule has 0 aliphatic rings. The van der Waals surface area contributed by atoms with Crippen molar-refractivity contribution in [2.75, 3.05) is 7.05 Å². The molecule has 22 heavy (non-hydrogen) atoms. The second kappa shape index (κ2) is 6.35. The van der Waals surface area contributed by atoms with Crippen LogP contribution < -0.4 is 4.74 Å². The van der Waals surface area contributed by atoms with E-state index >= 15 is 0 Å². The lowest BCUT2D eigenvalue weighted by Crippen LogP contribution is -2.27. The van der Waals surface area contributed by atoms with Gasteiger partial charge in [0.2, 0.25) is 0 Å². The van der Waals surface area contributed by atoms with Gasteiger partial charge in [-0.25, -0.2) is 4.98 Å². The molecule has 0 N–H and O–H groups in total. The number of nitrogens with zero attached hydrogens (tertiary/aromatic N) is 2. The average Bonchev–Trinajstić information content (AvgIpc) is 2.85. The van der Waals surface area contributed by atoms with E-state index in [0.717, 1.165) is 5.01 Å². The zero-order valence-corrected chi connectivity index (χ0v) is 12.7. The van der Waals surface area contributed by atoms with Crippen LogP contribution in [0.15, 0.2) is 29.6 Å². The number of alkyl halides is 3. The Kier molecular flexibility index (Phi) is 4.70. The number of benzene rings is 1. The Balaban J connectivity index is 2.15. The van der Waals surface area contributed by atoms with E-state index in [9.17, 15) is 18.0 Å². The summed E-state index contributed by atoms with van der Waals surface area (Å²) in [6.45, 7) is 1.76. The second-order valence-corrected chi connectivity index (χ2v) is 5.63. The molecule has 0 saturated heterocycles.